The Morgan fingerprint density at radius 2 is 1.11 bits per heavy atom. The number of phenols is 2. The maximum absolute atomic E-state index is 12.6. The van der Waals surface area contributed by atoms with Crippen molar-refractivity contribution in [2.45, 2.75) is 90.9 Å². The Labute approximate surface area is 245 Å². The normalized spacial score (nSPS) is 11.1. The molecule has 2 aromatic rings. The largest absolute Gasteiger partial charge is 0.507 e. The molecule has 0 aliphatic rings. The van der Waals surface area contributed by atoms with Crippen LogP contribution in [-0.4, -0.2) is 39.9 Å². The lowest BCUT2D eigenvalue weighted by molar-refractivity contribution is -0.119. The average Bonchev–Trinajstić information content (AvgIpc) is 2.90. The summed E-state index contributed by atoms with van der Waals surface area (Å²) < 4.78 is 11.8. The average molecular weight is 656 g/mol. The monoisotopic (exact) mass is 654 g/mol. The van der Waals surface area contributed by atoms with Crippen molar-refractivity contribution in [1.82, 2.24) is 0 Å². The molecule has 2 aromatic carbocycles. The Kier molecular flexibility index (Phi) is 15.8. The standard InChI is InChI=1S/C31H44Br2O5/c1-3-9-26-28(37-21-7-19-32)17-15-23(30(26)35)11-5-13-25(34)14-6-12-24-16-18-29(38-22-8-20-33)27(10-4-2)31(24)36/h15-18,35-36H,3-14,19-22H2,1-2H3. The molecule has 0 fully saturated rings. The first-order valence-electron chi connectivity index (χ1n) is 14.0. The van der Waals surface area contributed by atoms with E-state index < -0.39 is 0 Å². The van der Waals surface area contributed by atoms with Crippen LogP contribution in [0.3, 0.4) is 0 Å². The minimum absolute atomic E-state index is 0.219. The smallest absolute Gasteiger partial charge is 0.132 e. The summed E-state index contributed by atoms with van der Waals surface area (Å²) in [7, 11) is 0. The van der Waals surface area contributed by atoms with E-state index in [9.17, 15) is 15.0 Å². The molecule has 0 saturated carbocycles. The van der Waals surface area contributed by atoms with Gasteiger partial charge in [-0.2, -0.15) is 0 Å². The first kappa shape index (κ1) is 32.5. The Bertz CT molecular complexity index is 915. The minimum Gasteiger partial charge on any atom is -0.507 e. The number of carbonyl (C=O) groups excluding carboxylic acids is 1. The highest BCUT2D eigenvalue weighted by Crippen LogP contribution is 2.35. The zero-order chi connectivity index (χ0) is 27.8. The third-order valence-electron chi connectivity index (χ3n) is 6.52. The first-order valence-corrected chi connectivity index (χ1v) is 16.3. The van der Waals surface area contributed by atoms with Crippen molar-refractivity contribution >= 4 is 37.6 Å². The number of phenolic OH excluding ortho intramolecular Hbond substituents is 2. The molecular weight excluding hydrogens is 612 g/mol. The van der Waals surface area contributed by atoms with Gasteiger partial charge in [-0.1, -0.05) is 70.7 Å². The number of hydrogen-bond donors (Lipinski definition) is 2. The van der Waals surface area contributed by atoms with E-state index in [1.54, 1.807) is 0 Å². The molecule has 0 aliphatic heterocycles. The fourth-order valence-corrected chi connectivity index (χ4v) is 5.00. The van der Waals surface area contributed by atoms with Crippen molar-refractivity contribution in [2.24, 2.45) is 0 Å². The summed E-state index contributed by atoms with van der Waals surface area (Å²) in [4.78, 5) is 12.6. The lowest BCUT2D eigenvalue weighted by atomic mass is 9.97. The number of benzene rings is 2. The molecule has 2 N–H and O–H groups in total. The highest BCUT2D eigenvalue weighted by Gasteiger charge is 2.15. The quantitative estimate of drug-likeness (QED) is 0.111. The number of rotatable bonds is 20. The van der Waals surface area contributed by atoms with Crippen molar-refractivity contribution in [3.63, 3.8) is 0 Å². The van der Waals surface area contributed by atoms with E-state index in [-0.39, 0.29) is 5.78 Å². The molecule has 0 spiro atoms. The molecule has 2 rings (SSSR count). The SMILES string of the molecule is CCCc1c(OCCCBr)ccc(CCCC(=O)CCCc2ccc(OCCCBr)c(CCC)c2O)c1O. The Morgan fingerprint density at radius 3 is 1.47 bits per heavy atom. The number of ether oxygens (including phenoxy) is 2. The van der Waals surface area contributed by atoms with Gasteiger partial charge in [0, 0.05) is 34.6 Å². The summed E-state index contributed by atoms with van der Waals surface area (Å²) in [5, 5.41) is 23.5. The highest BCUT2D eigenvalue weighted by atomic mass is 79.9. The predicted octanol–water partition coefficient (Wildman–Crippen LogP) is 8.25. The fraction of sp³-hybridized carbons (Fsp3) is 0.581. The van der Waals surface area contributed by atoms with Crippen LogP contribution in [0.1, 0.15) is 87.5 Å². The predicted molar refractivity (Wildman–Crippen MR) is 163 cm³/mol. The molecule has 0 amide bonds. The summed E-state index contributed by atoms with van der Waals surface area (Å²) in [6.45, 7) is 5.40. The van der Waals surface area contributed by atoms with Crippen LogP contribution in [0.15, 0.2) is 24.3 Å². The maximum atomic E-state index is 12.6. The van der Waals surface area contributed by atoms with Crippen LogP contribution in [0.25, 0.3) is 0 Å². The van der Waals surface area contributed by atoms with E-state index in [0.717, 1.165) is 82.9 Å². The molecule has 0 radical (unpaired) electrons. The molecule has 7 heteroatoms. The summed E-state index contributed by atoms with van der Waals surface area (Å²) in [6, 6.07) is 7.75. The van der Waals surface area contributed by atoms with E-state index >= 15 is 0 Å². The van der Waals surface area contributed by atoms with Gasteiger partial charge in [-0.3, -0.25) is 4.79 Å². The number of Topliss-reactive ketones (excluding diaryl/α,β-unsaturated/α-hetero) is 1. The zero-order valence-electron chi connectivity index (χ0n) is 23.0. The van der Waals surface area contributed by atoms with Gasteiger partial charge in [-0.05, 0) is 74.6 Å². The summed E-state index contributed by atoms with van der Waals surface area (Å²) in [5.74, 6) is 2.36. The van der Waals surface area contributed by atoms with Crippen molar-refractivity contribution in [3.8, 4) is 23.0 Å². The number of carbonyl (C=O) groups is 1. The Morgan fingerprint density at radius 1 is 0.684 bits per heavy atom. The molecule has 5 nitrogen and oxygen atoms in total. The second-order valence-electron chi connectivity index (χ2n) is 9.63. The minimum atomic E-state index is 0.219. The maximum Gasteiger partial charge on any atom is 0.132 e. The van der Waals surface area contributed by atoms with E-state index in [1.807, 2.05) is 24.3 Å². The van der Waals surface area contributed by atoms with E-state index in [0.29, 0.717) is 63.2 Å². The fourth-order valence-electron chi connectivity index (χ4n) is 4.54. The van der Waals surface area contributed by atoms with Gasteiger partial charge in [0.25, 0.3) is 0 Å². The van der Waals surface area contributed by atoms with Crippen molar-refractivity contribution in [1.29, 1.82) is 0 Å². The van der Waals surface area contributed by atoms with Gasteiger partial charge in [0.05, 0.1) is 13.2 Å². The number of alkyl halides is 2. The number of halogens is 2. The van der Waals surface area contributed by atoms with Crippen LogP contribution in [0.5, 0.6) is 23.0 Å². The molecule has 212 valence electrons. The van der Waals surface area contributed by atoms with E-state index in [4.69, 9.17) is 9.47 Å². The topological polar surface area (TPSA) is 76.0 Å². The van der Waals surface area contributed by atoms with Crippen LogP contribution in [0.2, 0.25) is 0 Å². The second-order valence-corrected chi connectivity index (χ2v) is 11.2. The van der Waals surface area contributed by atoms with Crippen LogP contribution in [0.4, 0.5) is 0 Å². The van der Waals surface area contributed by atoms with Gasteiger partial charge in [0.1, 0.15) is 28.8 Å². The summed E-state index contributed by atoms with van der Waals surface area (Å²) >= 11 is 6.83. The molecule has 0 atom stereocenters. The van der Waals surface area contributed by atoms with Crippen molar-refractivity contribution in [2.75, 3.05) is 23.9 Å². The molecule has 0 aliphatic carbocycles. The molecule has 0 unspecified atom stereocenters. The molecule has 0 aromatic heterocycles. The molecule has 38 heavy (non-hydrogen) atoms. The second kappa shape index (κ2) is 18.5. The van der Waals surface area contributed by atoms with Crippen LogP contribution < -0.4 is 9.47 Å². The molecule has 0 saturated heterocycles. The number of aryl methyl sites for hydroxylation is 2. The summed E-state index contributed by atoms with van der Waals surface area (Å²) in [6.07, 6.45) is 8.89. The molecule has 0 bridgehead atoms. The van der Waals surface area contributed by atoms with Crippen molar-refractivity contribution in [3.05, 3.63) is 46.5 Å². The van der Waals surface area contributed by atoms with Gasteiger partial charge in [0.2, 0.25) is 0 Å². The Hall–Kier alpha value is -1.73. The van der Waals surface area contributed by atoms with Crippen LogP contribution in [0, 0.1) is 0 Å². The van der Waals surface area contributed by atoms with Gasteiger partial charge in [-0.15, -0.1) is 0 Å². The zero-order valence-corrected chi connectivity index (χ0v) is 26.2. The van der Waals surface area contributed by atoms with Gasteiger partial charge in [0.15, 0.2) is 0 Å². The van der Waals surface area contributed by atoms with Crippen LogP contribution in [-0.2, 0) is 30.5 Å². The Balaban J connectivity index is 1.87. The lowest BCUT2D eigenvalue weighted by Crippen LogP contribution is -2.04. The first-order chi connectivity index (χ1) is 18.5. The third-order valence-corrected chi connectivity index (χ3v) is 7.64. The van der Waals surface area contributed by atoms with Crippen LogP contribution >= 0.6 is 31.9 Å². The third kappa shape index (κ3) is 10.4. The van der Waals surface area contributed by atoms with E-state index in [2.05, 4.69) is 45.7 Å². The van der Waals surface area contributed by atoms with Gasteiger partial charge in [-0.25, -0.2) is 0 Å². The number of hydrogen-bond acceptors (Lipinski definition) is 5. The molecule has 0 heterocycles. The number of ketones is 1. The molecular formula is C31H44Br2O5. The highest BCUT2D eigenvalue weighted by molar-refractivity contribution is 9.09. The van der Waals surface area contributed by atoms with E-state index in [1.165, 1.54) is 0 Å². The number of aromatic hydroxyl groups is 2. The summed E-state index contributed by atoms with van der Waals surface area (Å²) in [5.41, 5.74) is 3.49. The van der Waals surface area contributed by atoms with Gasteiger partial charge >= 0.3 is 0 Å². The van der Waals surface area contributed by atoms with Gasteiger partial charge < -0.3 is 19.7 Å². The lowest BCUT2D eigenvalue weighted by Gasteiger charge is -2.16. The van der Waals surface area contributed by atoms with Crippen molar-refractivity contribution < 1.29 is 24.5 Å².